The highest BCUT2D eigenvalue weighted by molar-refractivity contribution is 7.99. The van der Waals surface area contributed by atoms with Crippen LogP contribution in [-0.4, -0.2) is 23.0 Å². The average Bonchev–Trinajstić information content (AvgIpc) is 2.88. The monoisotopic (exact) mass is 290 g/mol. The molecule has 0 saturated carbocycles. The van der Waals surface area contributed by atoms with Crippen molar-refractivity contribution < 1.29 is 0 Å². The van der Waals surface area contributed by atoms with E-state index in [0.29, 0.717) is 6.04 Å². The van der Waals surface area contributed by atoms with Crippen LogP contribution in [0.15, 0.2) is 23.6 Å². The molecule has 0 radical (unpaired) electrons. The molecule has 4 heteroatoms. The molecule has 3 rings (SSSR count). The molecule has 2 aromatic rings. The van der Waals surface area contributed by atoms with Gasteiger partial charge in [0.05, 0.1) is 11.7 Å². The van der Waals surface area contributed by atoms with Crippen LogP contribution in [0.4, 0.5) is 0 Å². The number of thiazole rings is 1. The normalized spacial score (nSPS) is 19.6. The number of nitrogens with zero attached hydrogens (tertiary/aromatic N) is 1. The quantitative estimate of drug-likeness (QED) is 0.910. The van der Waals surface area contributed by atoms with E-state index in [-0.39, 0.29) is 0 Å². The second-order valence-corrected chi connectivity index (χ2v) is 7.07. The number of hydrogen-bond acceptors (Lipinski definition) is 4. The fraction of sp³-hybridized carbons (Fsp3) is 0.400. The first kappa shape index (κ1) is 13.2. The van der Waals surface area contributed by atoms with Crippen molar-refractivity contribution in [2.75, 3.05) is 18.1 Å². The van der Waals surface area contributed by atoms with E-state index in [0.717, 1.165) is 18.0 Å². The molecule has 1 aliphatic heterocycles. The van der Waals surface area contributed by atoms with E-state index in [1.807, 2.05) is 11.8 Å². The van der Waals surface area contributed by atoms with E-state index >= 15 is 0 Å². The predicted octanol–water partition coefficient (Wildman–Crippen LogP) is 3.80. The van der Waals surface area contributed by atoms with Gasteiger partial charge in [0, 0.05) is 29.0 Å². The van der Waals surface area contributed by atoms with Crippen molar-refractivity contribution in [3.8, 4) is 11.3 Å². The van der Waals surface area contributed by atoms with Gasteiger partial charge in [0.2, 0.25) is 0 Å². The molecular formula is C15H18N2S2. The van der Waals surface area contributed by atoms with Crippen LogP contribution in [-0.2, 0) is 0 Å². The second-order valence-electron chi connectivity index (χ2n) is 5.03. The van der Waals surface area contributed by atoms with Gasteiger partial charge in [-0.1, -0.05) is 17.2 Å². The van der Waals surface area contributed by atoms with Crippen molar-refractivity contribution in [3.05, 3.63) is 39.7 Å². The Balaban J connectivity index is 1.87. The molecule has 1 aromatic heterocycles. The lowest BCUT2D eigenvalue weighted by atomic mass is 10.1. The van der Waals surface area contributed by atoms with Gasteiger partial charge in [0.25, 0.3) is 0 Å². The zero-order chi connectivity index (χ0) is 13.2. The fourth-order valence-electron chi connectivity index (χ4n) is 2.43. The number of aromatic nitrogens is 1. The van der Waals surface area contributed by atoms with Crippen LogP contribution in [0.5, 0.6) is 0 Å². The molecule has 2 heterocycles. The van der Waals surface area contributed by atoms with Crippen LogP contribution in [0.1, 0.15) is 22.2 Å². The first-order valence-electron chi connectivity index (χ1n) is 6.57. The summed E-state index contributed by atoms with van der Waals surface area (Å²) in [4.78, 5) is 4.83. The topological polar surface area (TPSA) is 24.9 Å². The van der Waals surface area contributed by atoms with E-state index in [4.69, 9.17) is 4.98 Å². The van der Waals surface area contributed by atoms with Gasteiger partial charge in [-0.15, -0.1) is 11.3 Å². The van der Waals surface area contributed by atoms with E-state index in [2.05, 4.69) is 42.7 Å². The third-order valence-corrected chi connectivity index (χ3v) is 5.28. The van der Waals surface area contributed by atoms with Crippen LogP contribution < -0.4 is 5.32 Å². The highest BCUT2D eigenvalue weighted by Crippen LogP contribution is 2.29. The van der Waals surface area contributed by atoms with E-state index in [1.54, 1.807) is 11.3 Å². The minimum atomic E-state index is 0.434. The van der Waals surface area contributed by atoms with Crippen molar-refractivity contribution in [2.24, 2.45) is 0 Å². The lowest BCUT2D eigenvalue weighted by Crippen LogP contribution is -2.30. The van der Waals surface area contributed by atoms with E-state index < -0.39 is 0 Å². The van der Waals surface area contributed by atoms with Gasteiger partial charge >= 0.3 is 0 Å². The Kier molecular flexibility index (Phi) is 3.91. The lowest BCUT2D eigenvalue weighted by Gasteiger charge is -2.20. The van der Waals surface area contributed by atoms with Crippen LogP contribution in [0.25, 0.3) is 11.3 Å². The second kappa shape index (κ2) is 5.65. The minimum Gasteiger partial charge on any atom is -0.306 e. The largest absolute Gasteiger partial charge is 0.306 e. The van der Waals surface area contributed by atoms with Gasteiger partial charge in [-0.25, -0.2) is 4.98 Å². The third kappa shape index (κ3) is 3.02. The molecule has 0 aliphatic carbocycles. The van der Waals surface area contributed by atoms with Gasteiger partial charge in [-0.3, -0.25) is 0 Å². The molecule has 1 N–H and O–H groups in total. The van der Waals surface area contributed by atoms with Gasteiger partial charge in [-0.05, 0) is 26.0 Å². The molecule has 100 valence electrons. The summed E-state index contributed by atoms with van der Waals surface area (Å²) in [6.07, 6.45) is 0. The number of aryl methyl sites for hydroxylation is 2. The summed E-state index contributed by atoms with van der Waals surface area (Å²) in [5, 5.41) is 6.96. The number of benzene rings is 1. The summed E-state index contributed by atoms with van der Waals surface area (Å²) in [5.41, 5.74) is 4.96. The van der Waals surface area contributed by atoms with Crippen molar-refractivity contribution in [1.82, 2.24) is 10.3 Å². The fourth-order valence-corrected chi connectivity index (χ4v) is 4.38. The molecule has 1 aromatic carbocycles. The Bertz CT molecular complexity index is 551. The molecular weight excluding hydrogens is 272 g/mol. The summed E-state index contributed by atoms with van der Waals surface area (Å²) in [6, 6.07) is 7.07. The van der Waals surface area contributed by atoms with Crippen molar-refractivity contribution in [2.45, 2.75) is 19.9 Å². The summed E-state index contributed by atoms with van der Waals surface area (Å²) in [5.74, 6) is 2.35. The minimum absolute atomic E-state index is 0.434. The molecule has 1 fully saturated rings. The van der Waals surface area contributed by atoms with Gasteiger partial charge in [0.1, 0.15) is 5.01 Å². The maximum Gasteiger partial charge on any atom is 0.111 e. The number of nitrogens with one attached hydrogen (secondary N) is 1. The molecule has 1 aliphatic rings. The molecule has 1 saturated heterocycles. The summed E-state index contributed by atoms with van der Waals surface area (Å²) >= 11 is 3.79. The SMILES string of the molecule is Cc1cc(C)cc(-c2csc(C3CSCCN3)n2)c1. The molecule has 0 bridgehead atoms. The molecule has 2 nitrogen and oxygen atoms in total. The van der Waals surface area contributed by atoms with Crippen LogP contribution in [0, 0.1) is 13.8 Å². The summed E-state index contributed by atoms with van der Waals surface area (Å²) < 4.78 is 0. The van der Waals surface area contributed by atoms with Crippen LogP contribution in [0.2, 0.25) is 0 Å². The maximum absolute atomic E-state index is 4.83. The Hall–Kier alpha value is -0.840. The van der Waals surface area contributed by atoms with Gasteiger partial charge in [-0.2, -0.15) is 11.8 Å². The van der Waals surface area contributed by atoms with Crippen molar-refractivity contribution in [3.63, 3.8) is 0 Å². The van der Waals surface area contributed by atoms with Gasteiger partial charge in [0.15, 0.2) is 0 Å². The number of hydrogen-bond donors (Lipinski definition) is 1. The lowest BCUT2D eigenvalue weighted by molar-refractivity contribution is 0.592. The average molecular weight is 290 g/mol. The Morgan fingerprint density at radius 3 is 2.68 bits per heavy atom. The summed E-state index contributed by atoms with van der Waals surface area (Å²) in [7, 11) is 0. The molecule has 0 amide bonds. The first-order valence-corrected chi connectivity index (χ1v) is 8.61. The Labute approximate surface area is 122 Å². The maximum atomic E-state index is 4.83. The zero-order valence-electron chi connectivity index (χ0n) is 11.3. The van der Waals surface area contributed by atoms with Crippen LogP contribution >= 0.6 is 23.1 Å². The van der Waals surface area contributed by atoms with Crippen molar-refractivity contribution >= 4 is 23.1 Å². The number of rotatable bonds is 2. The zero-order valence-corrected chi connectivity index (χ0v) is 12.9. The molecule has 1 unspecified atom stereocenters. The predicted molar refractivity (Wildman–Crippen MR) is 85.1 cm³/mol. The van der Waals surface area contributed by atoms with Crippen molar-refractivity contribution in [1.29, 1.82) is 0 Å². The first-order chi connectivity index (χ1) is 9.22. The molecule has 19 heavy (non-hydrogen) atoms. The number of thioether (sulfide) groups is 1. The molecule has 0 spiro atoms. The summed E-state index contributed by atoms with van der Waals surface area (Å²) in [6.45, 7) is 5.38. The Morgan fingerprint density at radius 2 is 2.00 bits per heavy atom. The third-order valence-electron chi connectivity index (χ3n) is 3.26. The standard InChI is InChI=1S/C15H18N2S2/c1-10-5-11(2)7-12(6-10)13-9-19-15(17-13)14-8-18-4-3-16-14/h5-7,9,14,16H,3-4,8H2,1-2H3. The van der Waals surface area contributed by atoms with Crippen LogP contribution in [0.3, 0.4) is 0 Å². The smallest absolute Gasteiger partial charge is 0.111 e. The Morgan fingerprint density at radius 1 is 1.21 bits per heavy atom. The molecule has 1 atom stereocenters. The van der Waals surface area contributed by atoms with Gasteiger partial charge < -0.3 is 5.32 Å². The van der Waals surface area contributed by atoms with E-state index in [9.17, 15) is 0 Å². The van der Waals surface area contributed by atoms with E-state index in [1.165, 1.54) is 27.5 Å². The highest BCUT2D eigenvalue weighted by atomic mass is 32.2. The highest BCUT2D eigenvalue weighted by Gasteiger charge is 2.18.